The van der Waals surface area contributed by atoms with E-state index in [-0.39, 0.29) is 0 Å². The minimum Gasteiger partial charge on any atom is -0.0622 e. The average molecular weight is 260 g/mol. The molecular formula is C19H32. The van der Waals surface area contributed by atoms with Gasteiger partial charge < -0.3 is 0 Å². The van der Waals surface area contributed by atoms with Gasteiger partial charge in [-0.15, -0.1) is 0 Å². The van der Waals surface area contributed by atoms with Crippen molar-refractivity contribution >= 4 is 0 Å². The van der Waals surface area contributed by atoms with Gasteiger partial charge in [0.05, 0.1) is 0 Å². The van der Waals surface area contributed by atoms with Crippen LogP contribution in [-0.2, 0) is 0 Å². The van der Waals surface area contributed by atoms with Crippen molar-refractivity contribution in [3.8, 4) is 0 Å². The lowest BCUT2D eigenvalue weighted by Gasteiger charge is -2.34. The first kappa shape index (κ1) is 12.7. The van der Waals surface area contributed by atoms with Gasteiger partial charge in [-0.2, -0.15) is 0 Å². The molecule has 19 heavy (non-hydrogen) atoms. The highest BCUT2D eigenvalue weighted by atomic mass is 14.7. The fourth-order valence-corrected chi connectivity index (χ4v) is 6.27. The second kappa shape index (κ2) is 3.80. The Morgan fingerprint density at radius 3 is 2.05 bits per heavy atom. The third-order valence-corrected chi connectivity index (χ3v) is 8.44. The Morgan fingerprint density at radius 1 is 0.789 bits per heavy atom. The standard InChI is InChI=1S/C19H32/c1-12-5-6-13(2)19(10-14(19)3)11-16-9-17(16)18(7-8-18)15(12)4/h12-17H,5-11H2,1-4H3. The Kier molecular flexibility index (Phi) is 2.54. The highest BCUT2D eigenvalue weighted by molar-refractivity contribution is 5.15. The molecular weight excluding hydrogens is 228 g/mol. The average Bonchev–Trinajstić information content (AvgIpc) is 3.23. The lowest BCUT2D eigenvalue weighted by Crippen LogP contribution is -2.27. The summed E-state index contributed by atoms with van der Waals surface area (Å²) in [4.78, 5) is 0. The summed E-state index contributed by atoms with van der Waals surface area (Å²) in [5.41, 5.74) is 1.61. The fraction of sp³-hybridized carbons (Fsp3) is 1.00. The molecule has 108 valence electrons. The van der Waals surface area contributed by atoms with Crippen molar-refractivity contribution < 1.29 is 0 Å². The second-order valence-corrected chi connectivity index (χ2v) is 9.12. The van der Waals surface area contributed by atoms with E-state index in [4.69, 9.17) is 0 Å². The van der Waals surface area contributed by atoms with Crippen molar-refractivity contribution in [1.82, 2.24) is 0 Å². The minimum absolute atomic E-state index is 0.787. The maximum Gasteiger partial charge on any atom is -0.0238 e. The molecule has 0 bridgehead atoms. The van der Waals surface area contributed by atoms with Gasteiger partial charge >= 0.3 is 0 Å². The first-order valence-electron chi connectivity index (χ1n) is 8.99. The SMILES string of the molecule is CC1CCC(C)C2(CC3CC3C3(CC3)C1C)CC2C. The van der Waals surface area contributed by atoms with Crippen molar-refractivity contribution in [3.63, 3.8) is 0 Å². The van der Waals surface area contributed by atoms with Crippen LogP contribution in [0.2, 0.25) is 0 Å². The zero-order valence-corrected chi connectivity index (χ0v) is 13.4. The molecule has 0 aliphatic heterocycles. The van der Waals surface area contributed by atoms with Gasteiger partial charge in [-0.1, -0.05) is 34.1 Å². The highest BCUT2D eigenvalue weighted by Crippen LogP contribution is 2.74. The van der Waals surface area contributed by atoms with Crippen LogP contribution in [0.4, 0.5) is 0 Å². The maximum absolute atomic E-state index is 2.59. The normalized spacial score (nSPS) is 58.7. The third-order valence-electron chi connectivity index (χ3n) is 8.44. The van der Waals surface area contributed by atoms with E-state index in [1.807, 2.05) is 0 Å². The van der Waals surface area contributed by atoms with Crippen molar-refractivity contribution in [2.45, 2.75) is 72.6 Å². The Labute approximate surface area is 119 Å². The van der Waals surface area contributed by atoms with Gasteiger partial charge in [0.2, 0.25) is 0 Å². The Balaban J connectivity index is 1.58. The summed E-state index contributed by atoms with van der Waals surface area (Å²) in [7, 11) is 0. The van der Waals surface area contributed by atoms with Gasteiger partial charge in [0.15, 0.2) is 0 Å². The number of fused-ring (bicyclic) bond motifs is 2. The number of hydrogen-bond donors (Lipinski definition) is 0. The lowest BCUT2D eigenvalue weighted by molar-refractivity contribution is 0.148. The van der Waals surface area contributed by atoms with E-state index in [9.17, 15) is 0 Å². The molecule has 0 heterocycles. The number of hydrogen-bond acceptors (Lipinski definition) is 0. The van der Waals surface area contributed by atoms with Crippen LogP contribution in [0.3, 0.4) is 0 Å². The quantitative estimate of drug-likeness (QED) is 0.538. The predicted octanol–water partition coefficient (Wildman–Crippen LogP) is 5.52. The summed E-state index contributed by atoms with van der Waals surface area (Å²) in [6.07, 6.45) is 10.9. The molecule has 7 unspecified atom stereocenters. The van der Waals surface area contributed by atoms with Crippen LogP contribution in [0, 0.1) is 46.3 Å². The van der Waals surface area contributed by atoms with Gasteiger partial charge in [-0.3, -0.25) is 0 Å². The first-order chi connectivity index (χ1) is 8.99. The van der Waals surface area contributed by atoms with Crippen molar-refractivity contribution in [3.05, 3.63) is 0 Å². The van der Waals surface area contributed by atoms with Gasteiger partial charge in [0.1, 0.15) is 0 Å². The molecule has 0 aromatic heterocycles. The summed E-state index contributed by atoms with van der Waals surface area (Å²) < 4.78 is 0. The molecule has 0 nitrogen and oxygen atoms in total. The molecule has 4 aliphatic rings. The Hall–Kier alpha value is 0. The van der Waals surface area contributed by atoms with E-state index in [1.165, 1.54) is 12.8 Å². The third kappa shape index (κ3) is 1.70. The zero-order valence-electron chi connectivity index (χ0n) is 13.4. The number of rotatable bonds is 0. The van der Waals surface area contributed by atoms with E-state index in [0.717, 1.165) is 46.3 Å². The predicted molar refractivity (Wildman–Crippen MR) is 80.8 cm³/mol. The molecule has 0 heteroatoms. The summed E-state index contributed by atoms with van der Waals surface area (Å²) in [6.45, 7) is 10.2. The van der Waals surface area contributed by atoms with E-state index in [2.05, 4.69) is 27.7 Å². The summed E-state index contributed by atoms with van der Waals surface area (Å²) in [5, 5.41) is 0. The summed E-state index contributed by atoms with van der Waals surface area (Å²) in [6, 6.07) is 0. The van der Waals surface area contributed by atoms with Crippen LogP contribution in [0.15, 0.2) is 0 Å². The van der Waals surface area contributed by atoms with Crippen LogP contribution in [-0.4, -0.2) is 0 Å². The first-order valence-corrected chi connectivity index (χ1v) is 8.99. The summed E-state index contributed by atoms with van der Waals surface area (Å²) >= 11 is 0. The Bertz CT molecular complexity index is 379. The van der Waals surface area contributed by atoms with Crippen LogP contribution < -0.4 is 0 Å². The highest BCUT2D eigenvalue weighted by Gasteiger charge is 2.66. The van der Waals surface area contributed by atoms with E-state index in [1.54, 1.807) is 32.1 Å². The van der Waals surface area contributed by atoms with E-state index >= 15 is 0 Å². The molecule has 4 rings (SSSR count). The zero-order chi connectivity index (χ0) is 13.4. The maximum atomic E-state index is 2.59. The molecule has 4 saturated carbocycles. The smallest absolute Gasteiger partial charge is 0.0238 e. The van der Waals surface area contributed by atoms with Gasteiger partial charge in [0.25, 0.3) is 0 Å². The monoisotopic (exact) mass is 260 g/mol. The molecule has 2 spiro atoms. The van der Waals surface area contributed by atoms with E-state index < -0.39 is 0 Å². The van der Waals surface area contributed by atoms with Gasteiger partial charge in [0, 0.05) is 0 Å². The molecule has 0 aromatic carbocycles. The van der Waals surface area contributed by atoms with Gasteiger partial charge in [-0.25, -0.2) is 0 Å². The largest absolute Gasteiger partial charge is 0.0622 e. The molecule has 0 saturated heterocycles. The van der Waals surface area contributed by atoms with Crippen LogP contribution in [0.5, 0.6) is 0 Å². The molecule has 0 amide bonds. The lowest BCUT2D eigenvalue weighted by atomic mass is 9.71. The molecule has 0 aromatic rings. The van der Waals surface area contributed by atoms with Crippen LogP contribution in [0.25, 0.3) is 0 Å². The van der Waals surface area contributed by atoms with E-state index in [0.29, 0.717) is 0 Å². The minimum atomic E-state index is 0.787. The van der Waals surface area contributed by atoms with Crippen LogP contribution in [0.1, 0.15) is 72.6 Å². The van der Waals surface area contributed by atoms with Gasteiger partial charge in [-0.05, 0) is 84.9 Å². The molecule has 0 radical (unpaired) electrons. The molecule has 0 N–H and O–H groups in total. The molecule has 4 fully saturated rings. The Morgan fingerprint density at radius 2 is 1.47 bits per heavy atom. The fourth-order valence-electron chi connectivity index (χ4n) is 6.27. The molecule has 7 atom stereocenters. The molecule has 4 aliphatic carbocycles. The second-order valence-electron chi connectivity index (χ2n) is 9.12. The van der Waals surface area contributed by atoms with Crippen molar-refractivity contribution in [2.24, 2.45) is 46.3 Å². The van der Waals surface area contributed by atoms with Crippen LogP contribution >= 0.6 is 0 Å². The summed E-state index contributed by atoms with van der Waals surface area (Å²) in [5.74, 6) is 6.26. The van der Waals surface area contributed by atoms with Crippen molar-refractivity contribution in [2.75, 3.05) is 0 Å². The topological polar surface area (TPSA) is 0 Å². The van der Waals surface area contributed by atoms with Crippen molar-refractivity contribution in [1.29, 1.82) is 0 Å².